The van der Waals surface area contributed by atoms with E-state index in [4.69, 9.17) is 16.3 Å². The van der Waals surface area contributed by atoms with E-state index in [1.54, 1.807) is 7.05 Å². The van der Waals surface area contributed by atoms with Crippen LogP contribution in [0.25, 0.3) is 0 Å². The minimum atomic E-state index is 0.302. The van der Waals surface area contributed by atoms with Gasteiger partial charge in [-0.2, -0.15) is 0 Å². The number of likely N-dealkylation sites (tertiary alicyclic amines) is 1. The number of aliphatic imine (C=N–C) groups is 1. The minimum Gasteiger partial charge on any atom is -0.380 e. The molecule has 1 atom stereocenters. The summed E-state index contributed by atoms with van der Waals surface area (Å²) in [6.07, 6.45) is 2.52. The summed E-state index contributed by atoms with van der Waals surface area (Å²) in [5.74, 6) is 0.806. The van der Waals surface area contributed by atoms with Crippen LogP contribution < -0.4 is 10.6 Å². The predicted octanol–water partition coefficient (Wildman–Crippen LogP) is 2.68. The number of ether oxygens (including phenoxy) is 1. The SMILES string of the molecule is CCOCCNC(=NC)NCC(c1cccc(Cl)c1)N1CCCC1. The largest absolute Gasteiger partial charge is 0.380 e. The van der Waals surface area contributed by atoms with Gasteiger partial charge in [0.25, 0.3) is 0 Å². The average molecular weight is 353 g/mol. The number of nitrogens with one attached hydrogen (secondary N) is 2. The minimum absolute atomic E-state index is 0.302. The molecule has 0 spiro atoms. The summed E-state index contributed by atoms with van der Waals surface area (Å²) in [7, 11) is 1.79. The number of benzene rings is 1. The van der Waals surface area contributed by atoms with Crippen molar-refractivity contribution in [2.45, 2.75) is 25.8 Å². The fourth-order valence-electron chi connectivity index (χ4n) is 3.02. The van der Waals surface area contributed by atoms with Gasteiger partial charge >= 0.3 is 0 Å². The van der Waals surface area contributed by atoms with Crippen LogP contribution in [-0.4, -0.2) is 57.3 Å². The molecule has 5 nitrogen and oxygen atoms in total. The first kappa shape index (κ1) is 19.0. The van der Waals surface area contributed by atoms with Crippen molar-refractivity contribution in [2.24, 2.45) is 4.99 Å². The first-order valence-corrected chi connectivity index (χ1v) is 9.14. The molecule has 6 heteroatoms. The van der Waals surface area contributed by atoms with Gasteiger partial charge in [-0.05, 0) is 50.6 Å². The van der Waals surface area contributed by atoms with Crippen LogP contribution in [0.1, 0.15) is 31.4 Å². The van der Waals surface area contributed by atoms with Crippen LogP contribution in [0.4, 0.5) is 0 Å². The Morgan fingerprint density at radius 3 is 2.79 bits per heavy atom. The normalized spacial score (nSPS) is 17.0. The molecule has 1 aliphatic rings. The first-order valence-electron chi connectivity index (χ1n) is 8.76. The molecule has 0 amide bonds. The Bertz CT molecular complexity index is 517. The Hall–Kier alpha value is -1.30. The van der Waals surface area contributed by atoms with E-state index in [2.05, 4.69) is 32.7 Å². The molecule has 1 aromatic rings. The van der Waals surface area contributed by atoms with Crippen LogP contribution in [0.15, 0.2) is 29.3 Å². The molecule has 1 saturated heterocycles. The number of guanidine groups is 1. The zero-order valence-corrected chi connectivity index (χ0v) is 15.5. The molecule has 1 aliphatic heterocycles. The van der Waals surface area contributed by atoms with Gasteiger partial charge in [-0.15, -0.1) is 0 Å². The fourth-order valence-corrected chi connectivity index (χ4v) is 3.22. The van der Waals surface area contributed by atoms with Crippen molar-refractivity contribution in [1.29, 1.82) is 0 Å². The smallest absolute Gasteiger partial charge is 0.191 e. The van der Waals surface area contributed by atoms with Gasteiger partial charge in [-0.1, -0.05) is 23.7 Å². The van der Waals surface area contributed by atoms with Crippen LogP contribution in [0.5, 0.6) is 0 Å². The van der Waals surface area contributed by atoms with Crippen LogP contribution in [-0.2, 0) is 4.74 Å². The summed E-state index contributed by atoms with van der Waals surface area (Å²) in [6.45, 7) is 7.23. The highest BCUT2D eigenvalue weighted by Crippen LogP contribution is 2.26. The Kier molecular flexibility index (Phi) is 8.36. The van der Waals surface area contributed by atoms with E-state index in [9.17, 15) is 0 Å². The zero-order chi connectivity index (χ0) is 17.2. The lowest BCUT2D eigenvalue weighted by atomic mass is 10.1. The highest BCUT2D eigenvalue weighted by Gasteiger charge is 2.23. The number of halogens is 1. The Morgan fingerprint density at radius 1 is 1.33 bits per heavy atom. The molecule has 1 heterocycles. The molecular formula is C18H29ClN4O. The van der Waals surface area contributed by atoms with Crippen molar-refractivity contribution in [3.63, 3.8) is 0 Å². The van der Waals surface area contributed by atoms with Gasteiger partial charge < -0.3 is 15.4 Å². The summed E-state index contributed by atoms with van der Waals surface area (Å²) < 4.78 is 5.35. The molecule has 1 fully saturated rings. The molecule has 2 rings (SSSR count). The molecule has 0 aliphatic carbocycles. The van der Waals surface area contributed by atoms with Gasteiger partial charge in [0, 0.05) is 31.8 Å². The van der Waals surface area contributed by atoms with Crippen molar-refractivity contribution in [1.82, 2.24) is 15.5 Å². The van der Waals surface area contributed by atoms with E-state index in [0.29, 0.717) is 12.6 Å². The summed E-state index contributed by atoms with van der Waals surface area (Å²) in [6, 6.07) is 8.47. The summed E-state index contributed by atoms with van der Waals surface area (Å²) >= 11 is 6.19. The molecule has 0 bridgehead atoms. The highest BCUT2D eigenvalue weighted by atomic mass is 35.5. The van der Waals surface area contributed by atoms with E-state index >= 15 is 0 Å². The predicted molar refractivity (Wildman–Crippen MR) is 101 cm³/mol. The van der Waals surface area contributed by atoms with Crippen molar-refractivity contribution in [3.05, 3.63) is 34.9 Å². The van der Waals surface area contributed by atoms with E-state index in [1.165, 1.54) is 18.4 Å². The number of hydrogen-bond acceptors (Lipinski definition) is 3. The summed E-state index contributed by atoms with van der Waals surface area (Å²) in [5, 5.41) is 7.51. The van der Waals surface area contributed by atoms with E-state index in [0.717, 1.165) is 43.8 Å². The van der Waals surface area contributed by atoms with E-state index < -0.39 is 0 Å². The zero-order valence-electron chi connectivity index (χ0n) is 14.7. The molecule has 1 unspecified atom stereocenters. The average Bonchev–Trinajstić information content (AvgIpc) is 3.11. The van der Waals surface area contributed by atoms with Gasteiger partial charge in [0.1, 0.15) is 0 Å². The quantitative estimate of drug-likeness (QED) is 0.429. The first-order chi connectivity index (χ1) is 11.7. The molecular weight excluding hydrogens is 324 g/mol. The van der Waals surface area contributed by atoms with Gasteiger partial charge in [-0.3, -0.25) is 9.89 Å². The molecule has 24 heavy (non-hydrogen) atoms. The molecule has 0 saturated carbocycles. The lowest BCUT2D eigenvalue weighted by molar-refractivity contribution is 0.152. The molecule has 0 radical (unpaired) electrons. The Labute approximate surface area is 150 Å². The highest BCUT2D eigenvalue weighted by molar-refractivity contribution is 6.30. The number of hydrogen-bond donors (Lipinski definition) is 2. The maximum atomic E-state index is 6.19. The molecule has 2 N–H and O–H groups in total. The van der Waals surface area contributed by atoms with Gasteiger partial charge in [0.15, 0.2) is 5.96 Å². The van der Waals surface area contributed by atoms with Gasteiger partial charge in [0.2, 0.25) is 0 Å². The van der Waals surface area contributed by atoms with Gasteiger partial charge in [-0.25, -0.2) is 0 Å². The standard InChI is InChI=1S/C18H29ClN4O/c1-3-24-12-9-21-18(20-2)22-14-17(23-10-4-5-11-23)15-7-6-8-16(19)13-15/h6-8,13,17H,3-5,9-12,14H2,1-2H3,(H2,20,21,22). The lowest BCUT2D eigenvalue weighted by Crippen LogP contribution is -2.43. The van der Waals surface area contributed by atoms with Crippen molar-refractivity contribution in [2.75, 3.05) is 46.4 Å². The van der Waals surface area contributed by atoms with Crippen LogP contribution in [0.3, 0.4) is 0 Å². The second kappa shape index (κ2) is 10.5. The van der Waals surface area contributed by atoms with E-state index in [1.807, 2.05) is 19.1 Å². The van der Waals surface area contributed by atoms with Gasteiger partial charge in [0.05, 0.1) is 12.6 Å². The van der Waals surface area contributed by atoms with Crippen molar-refractivity contribution >= 4 is 17.6 Å². The Balaban J connectivity index is 1.95. The second-order valence-electron chi connectivity index (χ2n) is 5.89. The summed E-state index contributed by atoms with van der Waals surface area (Å²) in [5.41, 5.74) is 1.25. The third-order valence-electron chi connectivity index (χ3n) is 4.24. The maximum absolute atomic E-state index is 6.19. The third kappa shape index (κ3) is 5.96. The summed E-state index contributed by atoms with van der Waals surface area (Å²) in [4.78, 5) is 6.81. The van der Waals surface area contributed by atoms with E-state index in [-0.39, 0.29) is 0 Å². The third-order valence-corrected chi connectivity index (χ3v) is 4.48. The number of nitrogens with zero attached hydrogens (tertiary/aromatic N) is 2. The van der Waals surface area contributed by atoms with Crippen LogP contribution in [0.2, 0.25) is 5.02 Å². The van der Waals surface area contributed by atoms with Crippen molar-refractivity contribution in [3.8, 4) is 0 Å². The monoisotopic (exact) mass is 352 g/mol. The maximum Gasteiger partial charge on any atom is 0.191 e. The molecule has 1 aromatic carbocycles. The second-order valence-corrected chi connectivity index (χ2v) is 6.33. The molecule has 0 aromatic heterocycles. The fraction of sp³-hybridized carbons (Fsp3) is 0.611. The topological polar surface area (TPSA) is 48.9 Å². The van der Waals surface area contributed by atoms with Crippen LogP contribution >= 0.6 is 11.6 Å². The lowest BCUT2D eigenvalue weighted by Gasteiger charge is -2.29. The molecule has 134 valence electrons. The van der Waals surface area contributed by atoms with Crippen molar-refractivity contribution < 1.29 is 4.74 Å². The number of rotatable bonds is 8. The van der Waals surface area contributed by atoms with Crippen LogP contribution in [0, 0.1) is 0 Å². The Morgan fingerprint density at radius 2 is 2.12 bits per heavy atom.